The first-order chi connectivity index (χ1) is 15.5. The van der Waals surface area contributed by atoms with Gasteiger partial charge < -0.3 is 14.8 Å². The average molecular weight is 432 g/mol. The summed E-state index contributed by atoms with van der Waals surface area (Å²) in [5, 5.41) is 6.75. The lowest BCUT2D eigenvalue weighted by Crippen LogP contribution is -2.20. The van der Waals surface area contributed by atoms with Gasteiger partial charge in [-0.2, -0.15) is 5.10 Å². The van der Waals surface area contributed by atoms with Crippen molar-refractivity contribution in [1.29, 1.82) is 0 Å². The topological polar surface area (TPSA) is 102 Å². The van der Waals surface area contributed by atoms with Gasteiger partial charge in [0.25, 0.3) is 11.8 Å². The SMILES string of the molecule is CCOc1cc(/C=N/NC(=O)c2ccncc2)ccc1OCC(=O)Nc1ccc(C)cc1. The summed E-state index contributed by atoms with van der Waals surface area (Å²) in [7, 11) is 0. The van der Waals surface area contributed by atoms with Crippen molar-refractivity contribution >= 4 is 23.7 Å². The molecule has 8 heteroatoms. The van der Waals surface area contributed by atoms with Crippen LogP contribution in [-0.4, -0.2) is 36.2 Å². The molecule has 0 spiro atoms. The van der Waals surface area contributed by atoms with Crippen LogP contribution in [0.5, 0.6) is 11.5 Å². The molecule has 1 aromatic heterocycles. The van der Waals surface area contributed by atoms with Crippen molar-refractivity contribution in [1.82, 2.24) is 10.4 Å². The van der Waals surface area contributed by atoms with E-state index in [0.717, 1.165) is 5.56 Å². The van der Waals surface area contributed by atoms with E-state index in [-0.39, 0.29) is 18.4 Å². The Morgan fingerprint density at radius 1 is 1.00 bits per heavy atom. The number of hydrogen-bond donors (Lipinski definition) is 2. The van der Waals surface area contributed by atoms with Crippen LogP contribution in [0.2, 0.25) is 0 Å². The maximum absolute atomic E-state index is 12.2. The van der Waals surface area contributed by atoms with Crippen molar-refractivity contribution in [3.05, 3.63) is 83.7 Å². The Morgan fingerprint density at radius 3 is 2.47 bits per heavy atom. The third kappa shape index (κ3) is 6.66. The van der Waals surface area contributed by atoms with Crippen LogP contribution in [0.25, 0.3) is 0 Å². The van der Waals surface area contributed by atoms with Crippen molar-refractivity contribution in [3.8, 4) is 11.5 Å². The molecule has 0 saturated carbocycles. The van der Waals surface area contributed by atoms with E-state index in [4.69, 9.17) is 9.47 Å². The molecule has 3 rings (SSSR count). The van der Waals surface area contributed by atoms with Crippen molar-refractivity contribution < 1.29 is 19.1 Å². The Kier molecular flexibility index (Phi) is 7.91. The lowest BCUT2D eigenvalue weighted by Gasteiger charge is -2.12. The van der Waals surface area contributed by atoms with Crippen LogP contribution in [0.4, 0.5) is 5.69 Å². The summed E-state index contributed by atoms with van der Waals surface area (Å²) in [6.07, 6.45) is 4.56. The Morgan fingerprint density at radius 2 is 1.75 bits per heavy atom. The average Bonchev–Trinajstić information content (AvgIpc) is 2.81. The highest BCUT2D eigenvalue weighted by atomic mass is 16.5. The molecule has 2 N–H and O–H groups in total. The van der Waals surface area contributed by atoms with E-state index in [2.05, 4.69) is 20.8 Å². The summed E-state index contributed by atoms with van der Waals surface area (Å²) < 4.78 is 11.3. The molecule has 2 aromatic carbocycles. The Hall–Kier alpha value is -4.20. The van der Waals surface area contributed by atoms with Crippen molar-refractivity contribution in [2.24, 2.45) is 5.10 Å². The number of ether oxygens (including phenoxy) is 2. The highest BCUT2D eigenvalue weighted by Gasteiger charge is 2.10. The maximum Gasteiger partial charge on any atom is 0.271 e. The summed E-state index contributed by atoms with van der Waals surface area (Å²) in [5.41, 5.74) is 5.43. The molecule has 32 heavy (non-hydrogen) atoms. The number of hydrazone groups is 1. The number of nitrogens with one attached hydrogen (secondary N) is 2. The number of amides is 2. The van der Waals surface area contributed by atoms with Crippen LogP contribution < -0.4 is 20.2 Å². The van der Waals surface area contributed by atoms with E-state index in [1.807, 2.05) is 38.1 Å². The molecule has 0 saturated heterocycles. The highest BCUT2D eigenvalue weighted by Crippen LogP contribution is 2.28. The molecule has 0 aliphatic heterocycles. The molecule has 1 heterocycles. The van der Waals surface area contributed by atoms with E-state index in [9.17, 15) is 9.59 Å². The zero-order valence-corrected chi connectivity index (χ0v) is 17.9. The van der Waals surface area contributed by atoms with Gasteiger partial charge in [0.2, 0.25) is 0 Å². The van der Waals surface area contributed by atoms with E-state index >= 15 is 0 Å². The molecule has 0 fully saturated rings. The van der Waals surface area contributed by atoms with Gasteiger partial charge in [-0.3, -0.25) is 14.6 Å². The zero-order valence-electron chi connectivity index (χ0n) is 17.9. The van der Waals surface area contributed by atoms with E-state index in [1.54, 1.807) is 30.3 Å². The van der Waals surface area contributed by atoms with Gasteiger partial charge in [-0.05, 0) is 61.9 Å². The fourth-order valence-electron chi connectivity index (χ4n) is 2.70. The van der Waals surface area contributed by atoms with Crippen LogP contribution in [-0.2, 0) is 4.79 Å². The van der Waals surface area contributed by atoms with E-state index < -0.39 is 0 Å². The quantitative estimate of drug-likeness (QED) is 0.398. The lowest BCUT2D eigenvalue weighted by molar-refractivity contribution is -0.118. The predicted octanol–water partition coefficient (Wildman–Crippen LogP) is 3.57. The second kappa shape index (κ2) is 11.3. The van der Waals surface area contributed by atoms with Gasteiger partial charge >= 0.3 is 0 Å². The zero-order chi connectivity index (χ0) is 22.8. The van der Waals surface area contributed by atoms with Crippen LogP contribution in [0.3, 0.4) is 0 Å². The first-order valence-electron chi connectivity index (χ1n) is 10.0. The van der Waals surface area contributed by atoms with Crippen molar-refractivity contribution in [2.75, 3.05) is 18.5 Å². The fraction of sp³-hybridized carbons (Fsp3) is 0.167. The smallest absolute Gasteiger partial charge is 0.271 e. The summed E-state index contributed by atoms with van der Waals surface area (Å²) in [6, 6.07) is 15.9. The molecular weight excluding hydrogens is 408 g/mol. The third-order valence-electron chi connectivity index (χ3n) is 4.28. The van der Waals surface area contributed by atoms with E-state index in [1.165, 1.54) is 18.6 Å². The molecule has 8 nitrogen and oxygen atoms in total. The van der Waals surface area contributed by atoms with Crippen LogP contribution in [0.1, 0.15) is 28.4 Å². The minimum atomic E-state index is -0.340. The predicted molar refractivity (Wildman–Crippen MR) is 122 cm³/mol. The Balaban J connectivity index is 1.59. The van der Waals surface area contributed by atoms with Crippen LogP contribution >= 0.6 is 0 Å². The molecule has 0 bridgehead atoms. The second-order valence-corrected chi connectivity index (χ2v) is 6.78. The minimum Gasteiger partial charge on any atom is -0.490 e. The molecule has 0 atom stereocenters. The normalized spacial score (nSPS) is 10.6. The number of benzene rings is 2. The van der Waals surface area contributed by atoms with Gasteiger partial charge in [0.05, 0.1) is 12.8 Å². The van der Waals surface area contributed by atoms with Gasteiger partial charge in [-0.15, -0.1) is 0 Å². The Labute approximate surface area is 186 Å². The summed E-state index contributed by atoms with van der Waals surface area (Å²) in [5.74, 6) is 0.290. The molecular formula is C24H24N4O4. The molecule has 0 aliphatic rings. The molecule has 0 radical (unpaired) electrons. The number of carbonyl (C=O) groups excluding carboxylic acids is 2. The monoisotopic (exact) mass is 432 g/mol. The fourth-order valence-corrected chi connectivity index (χ4v) is 2.70. The molecule has 2 amide bonds. The van der Waals surface area contributed by atoms with Gasteiger partial charge in [-0.25, -0.2) is 5.43 Å². The van der Waals surface area contributed by atoms with Gasteiger partial charge in [0.15, 0.2) is 18.1 Å². The first-order valence-corrected chi connectivity index (χ1v) is 10.0. The standard InChI is InChI=1S/C24H24N4O4/c1-3-31-22-14-18(15-26-28-24(30)19-10-12-25-13-11-19)6-9-21(22)32-16-23(29)27-20-7-4-17(2)5-8-20/h4-15H,3,16H2,1-2H3,(H,27,29)(H,28,30)/b26-15+. The van der Waals surface area contributed by atoms with E-state index in [0.29, 0.717) is 34.9 Å². The third-order valence-corrected chi connectivity index (χ3v) is 4.28. The molecule has 0 aliphatic carbocycles. The Bertz CT molecular complexity index is 1080. The highest BCUT2D eigenvalue weighted by molar-refractivity contribution is 5.94. The number of pyridine rings is 1. The number of rotatable bonds is 9. The lowest BCUT2D eigenvalue weighted by atomic mass is 10.2. The van der Waals surface area contributed by atoms with Gasteiger partial charge in [0, 0.05) is 23.6 Å². The van der Waals surface area contributed by atoms with Gasteiger partial charge in [-0.1, -0.05) is 17.7 Å². The summed E-state index contributed by atoms with van der Waals surface area (Å²) in [6.45, 7) is 4.09. The minimum absolute atomic E-state index is 0.163. The van der Waals surface area contributed by atoms with Crippen LogP contribution in [0.15, 0.2) is 72.1 Å². The number of anilines is 1. The van der Waals surface area contributed by atoms with Crippen LogP contribution in [0, 0.1) is 6.92 Å². The van der Waals surface area contributed by atoms with Crippen molar-refractivity contribution in [2.45, 2.75) is 13.8 Å². The summed E-state index contributed by atoms with van der Waals surface area (Å²) >= 11 is 0. The number of hydrogen-bond acceptors (Lipinski definition) is 6. The molecule has 0 unspecified atom stereocenters. The van der Waals surface area contributed by atoms with Crippen molar-refractivity contribution in [3.63, 3.8) is 0 Å². The number of aromatic nitrogens is 1. The van der Waals surface area contributed by atoms with Gasteiger partial charge in [0.1, 0.15) is 0 Å². The largest absolute Gasteiger partial charge is 0.490 e. The number of aryl methyl sites for hydroxylation is 1. The number of carbonyl (C=O) groups is 2. The maximum atomic E-state index is 12.2. The second-order valence-electron chi connectivity index (χ2n) is 6.78. The first kappa shape index (κ1) is 22.5. The summed E-state index contributed by atoms with van der Waals surface area (Å²) in [4.78, 5) is 28.1. The molecule has 3 aromatic rings. The number of nitrogens with zero attached hydrogens (tertiary/aromatic N) is 2. The molecule has 164 valence electrons.